The molecule has 0 saturated carbocycles. The summed E-state index contributed by atoms with van der Waals surface area (Å²) in [6.45, 7) is 0.372. The number of carbonyl (C=O) groups excluding carboxylic acids is 2. The summed E-state index contributed by atoms with van der Waals surface area (Å²) in [5.74, 6) is -0.472. The average Bonchev–Trinajstić information content (AvgIpc) is 2.48. The Labute approximate surface area is 127 Å². The number of halogens is 1. The van der Waals surface area contributed by atoms with E-state index in [0.717, 1.165) is 11.1 Å². The van der Waals surface area contributed by atoms with Crippen molar-refractivity contribution in [1.82, 2.24) is 5.32 Å². The predicted octanol–water partition coefficient (Wildman–Crippen LogP) is 2.18. The molecule has 0 atom stereocenters. The number of rotatable bonds is 5. The first kappa shape index (κ1) is 15.5. The van der Waals surface area contributed by atoms with E-state index in [4.69, 9.17) is 5.73 Å². The molecule has 0 aromatic heterocycles. The fourth-order valence-electron chi connectivity index (χ4n) is 1.90. The zero-order chi connectivity index (χ0) is 15.9. The first-order chi connectivity index (χ1) is 10.5. The van der Waals surface area contributed by atoms with E-state index in [-0.39, 0.29) is 18.1 Å². The first-order valence-corrected chi connectivity index (χ1v) is 6.69. The Hall–Kier alpha value is -2.89. The van der Waals surface area contributed by atoms with Gasteiger partial charge in [-0.3, -0.25) is 4.79 Å². The summed E-state index contributed by atoms with van der Waals surface area (Å²) in [7, 11) is 0. The third-order valence-electron chi connectivity index (χ3n) is 2.99. The highest BCUT2D eigenvalue weighted by Crippen LogP contribution is 2.09. The number of urea groups is 1. The summed E-state index contributed by atoms with van der Waals surface area (Å²) >= 11 is 0. The van der Waals surface area contributed by atoms with Gasteiger partial charge in [0.1, 0.15) is 5.82 Å². The van der Waals surface area contributed by atoms with Gasteiger partial charge in [0.2, 0.25) is 5.91 Å². The summed E-state index contributed by atoms with van der Waals surface area (Å²) < 4.78 is 12.8. The third-order valence-corrected chi connectivity index (χ3v) is 2.99. The SMILES string of the molecule is NC(=O)Nc1ccc(CNC(=O)Cc2ccc(F)cc2)cc1. The largest absolute Gasteiger partial charge is 0.352 e. The van der Waals surface area contributed by atoms with E-state index in [1.807, 2.05) is 0 Å². The second kappa shape index (κ2) is 7.21. The van der Waals surface area contributed by atoms with Gasteiger partial charge in [-0.15, -0.1) is 0 Å². The summed E-state index contributed by atoms with van der Waals surface area (Å²) in [5.41, 5.74) is 7.25. The molecule has 5 nitrogen and oxygen atoms in total. The van der Waals surface area contributed by atoms with Crippen molar-refractivity contribution in [3.8, 4) is 0 Å². The van der Waals surface area contributed by atoms with Crippen molar-refractivity contribution in [2.24, 2.45) is 5.73 Å². The van der Waals surface area contributed by atoms with E-state index < -0.39 is 6.03 Å². The summed E-state index contributed by atoms with van der Waals surface area (Å²) in [4.78, 5) is 22.5. The molecule has 0 unspecified atom stereocenters. The Morgan fingerprint density at radius 3 is 2.14 bits per heavy atom. The fourth-order valence-corrected chi connectivity index (χ4v) is 1.90. The molecule has 0 aliphatic rings. The Morgan fingerprint density at radius 2 is 1.55 bits per heavy atom. The molecule has 0 fully saturated rings. The Morgan fingerprint density at radius 1 is 0.955 bits per heavy atom. The number of hydrogen-bond donors (Lipinski definition) is 3. The van der Waals surface area contributed by atoms with Crippen molar-refractivity contribution in [3.05, 3.63) is 65.5 Å². The maximum absolute atomic E-state index is 12.8. The van der Waals surface area contributed by atoms with Gasteiger partial charge in [0.05, 0.1) is 6.42 Å². The van der Waals surface area contributed by atoms with Crippen molar-refractivity contribution in [3.63, 3.8) is 0 Å². The lowest BCUT2D eigenvalue weighted by Gasteiger charge is -2.07. The zero-order valence-electron chi connectivity index (χ0n) is 11.8. The third kappa shape index (κ3) is 4.90. The molecule has 0 bridgehead atoms. The summed E-state index contributed by atoms with van der Waals surface area (Å²) in [6, 6.07) is 12.2. The van der Waals surface area contributed by atoms with E-state index in [1.54, 1.807) is 36.4 Å². The van der Waals surface area contributed by atoms with Gasteiger partial charge in [-0.25, -0.2) is 9.18 Å². The van der Waals surface area contributed by atoms with Crippen LogP contribution in [0, 0.1) is 5.82 Å². The Bertz CT molecular complexity index is 654. The number of benzene rings is 2. The molecule has 0 spiro atoms. The number of primary amides is 1. The van der Waals surface area contributed by atoms with E-state index in [2.05, 4.69) is 10.6 Å². The average molecular weight is 301 g/mol. The number of anilines is 1. The minimum Gasteiger partial charge on any atom is -0.352 e. The highest BCUT2D eigenvalue weighted by Gasteiger charge is 2.04. The fraction of sp³-hybridized carbons (Fsp3) is 0.125. The quantitative estimate of drug-likeness (QED) is 0.790. The lowest BCUT2D eigenvalue weighted by Crippen LogP contribution is -2.24. The maximum atomic E-state index is 12.8. The highest BCUT2D eigenvalue weighted by molar-refractivity contribution is 5.87. The Balaban J connectivity index is 1.83. The summed E-state index contributed by atoms with van der Waals surface area (Å²) in [5, 5.41) is 5.23. The first-order valence-electron chi connectivity index (χ1n) is 6.69. The molecule has 3 amide bonds. The van der Waals surface area contributed by atoms with E-state index >= 15 is 0 Å². The van der Waals surface area contributed by atoms with Crippen LogP contribution in [-0.2, 0) is 17.8 Å². The molecule has 114 valence electrons. The van der Waals surface area contributed by atoms with Crippen LogP contribution >= 0.6 is 0 Å². The molecule has 0 aliphatic heterocycles. The zero-order valence-corrected chi connectivity index (χ0v) is 11.8. The Kier molecular flexibility index (Phi) is 5.08. The van der Waals surface area contributed by atoms with Crippen LogP contribution in [0.4, 0.5) is 14.9 Å². The smallest absolute Gasteiger partial charge is 0.316 e. The highest BCUT2D eigenvalue weighted by atomic mass is 19.1. The van der Waals surface area contributed by atoms with Gasteiger partial charge in [-0.2, -0.15) is 0 Å². The van der Waals surface area contributed by atoms with Crippen molar-refractivity contribution < 1.29 is 14.0 Å². The van der Waals surface area contributed by atoms with Gasteiger partial charge >= 0.3 is 6.03 Å². The molecule has 0 aliphatic carbocycles. The van der Waals surface area contributed by atoms with Gasteiger partial charge in [0.25, 0.3) is 0 Å². The normalized spacial score (nSPS) is 10.0. The lowest BCUT2D eigenvalue weighted by molar-refractivity contribution is -0.120. The molecule has 0 saturated heterocycles. The molecule has 4 N–H and O–H groups in total. The van der Waals surface area contributed by atoms with Gasteiger partial charge in [0.15, 0.2) is 0 Å². The monoisotopic (exact) mass is 301 g/mol. The molecule has 0 radical (unpaired) electrons. The number of hydrogen-bond acceptors (Lipinski definition) is 2. The van der Waals surface area contributed by atoms with Crippen LogP contribution in [0.3, 0.4) is 0 Å². The van der Waals surface area contributed by atoms with Crippen LogP contribution in [0.15, 0.2) is 48.5 Å². The maximum Gasteiger partial charge on any atom is 0.316 e. The van der Waals surface area contributed by atoms with Gasteiger partial charge in [0, 0.05) is 12.2 Å². The minimum absolute atomic E-state index is 0.147. The molecular weight excluding hydrogens is 285 g/mol. The second-order valence-corrected chi connectivity index (χ2v) is 4.77. The van der Waals surface area contributed by atoms with Crippen molar-refractivity contribution >= 4 is 17.6 Å². The van der Waals surface area contributed by atoms with Crippen molar-refractivity contribution in [2.75, 3.05) is 5.32 Å². The summed E-state index contributed by atoms with van der Waals surface area (Å²) in [6.07, 6.45) is 0.196. The number of nitrogens with two attached hydrogens (primary N) is 1. The number of amides is 3. The number of nitrogens with one attached hydrogen (secondary N) is 2. The van der Waals surface area contributed by atoms with Crippen LogP contribution < -0.4 is 16.4 Å². The van der Waals surface area contributed by atoms with Gasteiger partial charge < -0.3 is 16.4 Å². The van der Waals surface area contributed by atoms with E-state index in [0.29, 0.717) is 12.2 Å². The van der Waals surface area contributed by atoms with Crippen LogP contribution in [0.5, 0.6) is 0 Å². The van der Waals surface area contributed by atoms with E-state index in [1.165, 1.54) is 12.1 Å². The van der Waals surface area contributed by atoms with Crippen molar-refractivity contribution in [1.29, 1.82) is 0 Å². The standard InChI is InChI=1S/C16H16FN3O2/c17-13-5-1-11(2-6-13)9-15(21)19-10-12-3-7-14(8-4-12)20-16(18)22/h1-8H,9-10H2,(H,19,21)(H3,18,20,22). The number of carbonyl (C=O) groups is 2. The minimum atomic E-state index is -0.625. The second-order valence-electron chi connectivity index (χ2n) is 4.77. The van der Waals surface area contributed by atoms with Crippen LogP contribution in [0.2, 0.25) is 0 Å². The molecule has 2 rings (SSSR count). The molecule has 6 heteroatoms. The lowest BCUT2D eigenvalue weighted by atomic mass is 10.1. The topological polar surface area (TPSA) is 84.2 Å². The van der Waals surface area contributed by atoms with E-state index in [9.17, 15) is 14.0 Å². The van der Waals surface area contributed by atoms with Gasteiger partial charge in [-0.1, -0.05) is 24.3 Å². The van der Waals surface area contributed by atoms with Crippen LogP contribution in [0.1, 0.15) is 11.1 Å². The molecule has 2 aromatic rings. The molecule has 22 heavy (non-hydrogen) atoms. The predicted molar refractivity (Wildman–Crippen MR) is 81.6 cm³/mol. The van der Waals surface area contributed by atoms with Crippen LogP contribution in [-0.4, -0.2) is 11.9 Å². The van der Waals surface area contributed by atoms with Crippen molar-refractivity contribution in [2.45, 2.75) is 13.0 Å². The van der Waals surface area contributed by atoms with Gasteiger partial charge in [-0.05, 0) is 35.4 Å². The molecule has 2 aromatic carbocycles. The molecule has 0 heterocycles. The molecular formula is C16H16FN3O2. The van der Waals surface area contributed by atoms with Crippen LogP contribution in [0.25, 0.3) is 0 Å².